The van der Waals surface area contributed by atoms with Crippen LogP contribution in [0.25, 0.3) is 22.3 Å². The highest BCUT2D eigenvalue weighted by Gasteiger charge is 2.12. The summed E-state index contributed by atoms with van der Waals surface area (Å²) in [4.78, 5) is 18.0. The molecular weight excluding hydrogens is 617 g/mol. The highest BCUT2D eigenvalue weighted by molar-refractivity contribution is 14.1. The third-order valence-corrected chi connectivity index (χ3v) is 6.74. The van der Waals surface area contributed by atoms with Gasteiger partial charge in [0.2, 0.25) is 0 Å². The van der Waals surface area contributed by atoms with Gasteiger partial charge in [-0.2, -0.15) is 9.78 Å². The van der Waals surface area contributed by atoms with Gasteiger partial charge in [-0.1, -0.05) is 70.5 Å². The van der Waals surface area contributed by atoms with E-state index in [1.807, 2.05) is 91.0 Å². The topological polar surface area (TPSA) is 56.5 Å². The molecule has 0 fully saturated rings. The Hall–Kier alpha value is -3.30. The summed E-state index contributed by atoms with van der Waals surface area (Å²) in [6.07, 6.45) is 1.67. The van der Waals surface area contributed by atoms with E-state index in [9.17, 15) is 4.79 Å². The molecule has 4 aromatic carbocycles. The smallest absolute Gasteiger partial charge is 0.282 e. The third kappa shape index (κ3) is 5.36. The Kier molecular flexibility index (Phi) is 7.06. The van der Waals surface area contributed by atoms with E-state index < -0.39 is 0 Å². The normalized spacial score (nSPS) is 11.3. The molecule has 1 heterocycles. The van der Waals surface area contributed by atoms with Gasteiger partial charge >= 0.3 is 0 Å². The van der Waals surface area contributed by atoms with Crippen LogP contribution in [0.5, 0.6) is 5.75 Å². The molecule has 0 aliphatic rings. The second kappa shape index (κ2) is 10.5. The summed E-state index contributed by atoms with van der Waals surface area (Å²) < 4.78 is 9.35. The van der Waals surface area contributed by atoms with E-state index >= 15 is 0 Å². The van der Waals surface area contributed by atoms with E-state index in [0.29, 0.717) is 23.3 Å². The monoisotopic (exact) mass is 635 g/mol. The highest BCUT2D eigenvalue weighted by atomic mass is 127. The first kappa shape index (κ1) is 23.4. The van der Waals surface area contributed by atoms with Gasteiger partial charge in [-0.25, -0.2) is 4.98 Å². The first-order valence-corrected chi connectivity index (χ1v) is 12.7. The fourth-order valence-corrected chi connectivity index (χ4v) is 4.54. The number of fused-ring (bicyclic) bond motifs is 1. The molecule has 5 rings (SSSR count). The van der Waals surface area contributed by atoms with Gasteiger partial charge in [-0.15, -0.1) is 0 Å². The highest BCUT2D eigenvalue weighted by Crippen LogP contribution is 2.23. The van der Waals surface area contributed by atoms with Crippen LogP contribution in [0.3, 0.4) is 0 Å². The van der Waals surface area contributed by atoms with Gasteiger partial charge in [0, 0.05) is 10.0 Å². The molecule has 0 spiro atoms. The van der Waals surface area contributed by atoms with Crippen LogP contribution in [0.4, 0.5) is 0 Å². The lowest BCUT2D eigenvalue weighted by molar-refractivity contribution is 0.304. The average molecular weight is 636 g/mol. The fourth-order valence-electron chi connectivity index (χ4n) is 3.59. The van der Waals surface area contributed by atoms with Crippen LogP contribution in [0.2, 0.25) is 0 Å². The zero-order valence-corrected chi connectivity index (χ0v) is 22.2. The molecule has 0 aliphatic heterocycles. The van der Waals surface area contributed by atoms with Gasteiger partial charge in [-0.05, 0) is 76.2 Å². The Labute approximate surface area is 224 Å². The van der Waals surface area contributed by atoms with Crippen molar-refractivity contribution in [2.75, 3.05) is 0 Å². The zero-order valence-electron chi connectivity index (χ0n) is 18.4. The first-order chi connectivity index (χ1) is 17.1. The summed E-state index contributed by atoms with van der Waals surface area (Å²) in [6.45, 7) is 0.481. The number of nitrogens with zero attached hydrogens (tertiary/aromatic N) is 3. The molecule has 0 bridgehead atoms. The molecule has 1 aromatic heterocycles. The van der Waals surface area contributed by atoms with E-state index in [1.165, 1.54) is 4.68 Å². The lowest BCUT2D eigenvalue weighted by Crippen LogP contribution is -2.20. The maximum atomic E-state index is 13.3. The first-order valence-electron chi connectivity index (χ1n) is 10.9. The van der Waals surface area contributed by atoms with Crippen LogP contribution in [0.1, 0.15) is 11.1 Å². The van der Waals surface area contributed by atoms with E-state index in [2.05, 4.69) is 43.6 Å². The molecule has 0 unspecified atom stereocenters. The Bertz CT molecular complexity index is 1580. The zero-order chi connectivity index (χ0) is 24.2. The predicted molar refractivity (Wildman–Crippen MR) is 152 cm³/mol. The van der Waals surface area contributed by atoms with Gasteiger partial charge in [0.05, 0.1) is 20.7 Å². The van der Waals surface area contributed by atoms with Crippen molar-refractivity contribution in [2.45, 2.75) is 6.61 Å². The lowest BCUT2D eigenvalue weighted by atomic mass is 10.2. The van der Waals surface area contributed by atoms with Crippen molar-refractivity contribution in [3.8, 4) is 17.1 Å². The molecule has 172 valence electrons. The number of aromatic nitrogens is 2. The van der Waals surface area contributed by atoms with Crippen LogP contribution < -0.4 is 10.3 Å². The number of hydrogen-bond acceptors (Lipinski definition) is 4. The molecule has 0 atom stereocenters. The van der Waals surface area contributed by atoms with Crippen LogP contribution in [-0.2, 0) is 6.61 Å². The van der Waals surface area contributed by atoms with Gasteiger partial charge < -0.3 is 4.74 Å². The Morgan fingerprint density at radius 2 is 1.69 bits per heavy atom. The van der Waals surface area contributed by atoms with Crippen molar-refractivity contribution in [2.24, 2.45) is 5.10 Å². The van der Waals surface area contributed by atoms with Gasteiger partial charge in [0.25, 0.3) is 5.56 Å². The second-order valence-electron chi connectivity index (χ2n) is 7.79. The molecule has 0 radical (unpaired) electrons. The summed E-state index contributed by atoms with van der Waals surface area (Å²) >= 11 is 5.69. The van der Waals surface area contributed by atoms with Gasteiger partial charge in [0.1, 0.15) is 12.4 Å². The number of ether oxygens (including phenoxy) is 1. The minimum Gasteiger partial charge on any atom is -0.488 e. The molecule has 0 saturated carbocycles. The van der Waals surface area contributed by atoms with Crippen molar-refractivity contribution >= 4 is 55.6 Å². The van der Waals surface area contributed by atoms with Crippen molar-refractivity contribution in [1.29, 1.82) is 0 Å². The number of para-hydroxylation sites is 1. The van der Waals surface area contributed by atoms with E-state index in [0.717, 1.165) is 30.5 Å². The average Bonchev–Trinajstić information content (AvgIpc) is 2.89. The van der Waals surface area contributed by atoms with E-state index in [1.54, 1.807) is 12.3 Å². The number of halogens is 2. The van der Waals surface area contributed by atoms with Crippen molar-refractivity contribution in [3.63, 3.8) is 0 Å². The molecule has 5 aromatic rings. The molecule has 0 N–H and O–H groups in total. The Balaban J connectivity index is 1.45. The largest absolute Gasteiger partial charge is 0.488 e. The minimum absolute atomic E-state index is 0.213. The van der Waals surface area contributed by atoms with Crippen molar-refractivity contribution < 1.29 is 4.74 Å². The minimum atomic E-state index is -0.213. The summed E-state index contributed by atoms with van der Waals surface area (Å²) in [7, 11) is 0. The van der Waals surface area contributed by atoms with Crippen LogP contribution in [0.15, 0.2) is 111 Å². The van der Waals surface area contributed by atoms with Crippen LogP contribution in [-0.4, -0.2) is 15.9 Å². The molecule has 35 heavy (non-hydrogen) atoms. The van der Waals surface area contributed by atoms with Crippen molar-refractivity contribution in [3.05, 3.63) is 127 Å². The maximum absolute atomic E-state index is 13.3. The maximum Gasteiger partial charge on any atom is 0.282 e. The Morgan fingerprint density at radius 1 is 0.943 bits per heavy atom. The Morgan fingerprint density at radius 3 is 2.46 bits per heavy atom. The molecule has 5 nitrogen and oxygen atoms in total. The van der Waals surface area contributed by atoms with Crippen LogP contribution in [0, 0.1) is 3.57 Å². The molecule has 0 saturated heterocycles. The quantitative estimate of drug-likeness (QED) is 0.151. The predicted octanol–water partition coefficient (Wildman–Crippen LogP) is 6.89. The second-order valence-corrected chi connectivity index (χ2v) is 9.86. The fraction of sp³-hybridized carbons (Fsp3) is 0.0357. The molecule has 0 aliphatic carbocycles. The number of benzene rings is 4. The summed E-state index contributed by atoms with van der Waals surface area (Å²) in [6, 6.07) is 30.8. The summed E-state index contributed by atoms with van der Waals surface area (Å²) in [5.74, 6) is 1.29. The van der Waals surface area contributed by atoms with E-state index in [-0.39, 0.29) is 5.56 Å². The van der Waals surface area contributed by atoms with Gasteiger partial charge in [-0.3, -0.25) is 4.79 Å². The summed E-state index contributed by atoms with van der Waals surface area (Å²) in [5, 5.41) is 5.07. The molecule has 0 amide bonds. The lowest BCUT2D eigenvalue weighted by Gasteiger charge is -2.10. The third-order valence-electron chi connectivity index (χ3n) is 5.37. The van der Waals surface area contributed by atoms with E-state index in [4.69, 9.17) is 9.72 Å². The summed E-state index contributed by atoms with van der Waals surface area (Å²) in [5.41, 5.74) is 3.19. The number of rotatable bonds is 6. The van der Waals surface area contributed by atoms with Crippen molar-refractivity contribution in [1.82, 2.24) is 9.66 Å². The number of hydrogen-bond donors (Lipinski definition) is 0. The standard InChI is InChI=1S/C28H19BrIN3O2/c29-22-13-10-19(11-14-22)18-35-26-15-12-20(16-24(26)30)17-31-33-27(21-6-2-1-3-7-21)32-25-9-5-4-8-23(25)28(33)34/h1-17H,18H2. The SMILES string of the molecule is O=c1c2ccccc2nc(-c2ccccc2)n1N=Cc1ccc(OCc2ccc(Br)cc2)c(I)c1. The van der Waals surface area contributed by atoms with Crippen LogP contribution >= 0.6 is 38.5 Å². The molecular formula is C28H19BrIN3O2. The molecule has 7 heteroatoms. The van der Waals surface area contributed by atoms with Gasteiger partial charge in [0.15, 0.2) is 5.82 Å².